The van der Waals surface area contributed by atoms with Crippen LogP contribution < -0.4 is 10.5 Å². The van der Waals surface area contributed by atoms with Crippen LogP contribution in [0.2, 0.25) is 0 Å². The molecule has 0 saturated heterocycles. The van der Waals surface area contributed by atoms with Gasteiger partial charge in [-0.3, -0.25) is 0 Å². The molecule has 0 bridgehead atoms. The summed E-state index contributed by atoms with van der Waals surface area (Å²) in [6, 6.07) is 11.8. The van der Waals surface area contributed by atoms with Gasteiger partial charge in [0.15, 0.2) is 0 Å². The van der Waals surface area contributed by atoms with E-state index in [1.807, 2.05) is 12.1 Å². The molecule has 0 amide bonds. The number of fused-ring (bicyclic) bond motifs is 2. The molecule has 128 valence electrons. The summed E-state index contributed by atoms with van der Waals surface area (Å²) in [4.78, 5) is 0. The Morgan fingerprint density at radius 3 is 2.46 bits per heavy atom. The third-order valence-electron chi connectivity index (χ3n) is 5.22. The molecule has 0 spiro atoms. The average Bonchev–Trinajstić information content (AvgIpc) is 2.75. The van der Waals surface area contributed by atoms with Crippen molar-refractivity contribution in [1.82, 2.24) is 0 Å². The van der Waals surface area contributed by atoms with Gasteiger partial charge >= 0.3 is 0 Å². The Morgan fingerprint density at radius 1 is 1.12 bits per heavy atom. The number of nitrogens with two attached hydrogens (primary N) is 1. The van der Waals surface area contributed by atoms with E-state index in [-0.39, 0.29) is 17.8 Å². The Balaban J connectivity index is 2.02. The highest BCUT2D eigenvalue weighted by Crippen LogP contribution is 2.39. The predicted octanol–water partition coefficient (Wildman–Crippen LogP) is 4.58. The van der Waals surface area contributed by atoms with Crippen molar-refractivity contribution in [3.8, 4) is 5.75 Å². The van der Waals surface area contributed by atoms with Crippen LogP contribution in [-0.2, 0) is 12.8 Å². The minimum atomic E-state index is -0.152. The Labute approximate surface area is 143 Å². The molecule has 2 aromatic carbocycles. The Kier molecular flexibility index (Phi) is 5.20. The first-order chi connectivity index (χ1) is 11.6. The van der Waals surface area contributed by atoms with Crippen LogP contribution >= 0.6 is 0 Å². The molecule has 0 aromatic heterocycles. The molecule has 1 aliphatic rings. The first-order valence-electron chi connectivity index (χ1n) is 8.83. The standard InChI is InChI=1S/C21H26FNO/c1-3-17(23)7-10-21-19-9-6-16(22)12-14(19)4-5-15-13-18(24-2)8-11-20(15)21/h6,8-9,11-13,17,21H,3-5,7,10,23H2,1-2H3. The molecule has 24 heavy (non-hydrogen) atoms. The van der Waals surface area contributed by atoms with E-state index in [2.05, 4.69) is 19.1 Å². The lowest BCUT2D eigenvalue weighted by Gasteiger charge is -2.22. The molecule has 2 aromatic rings. The molecule has 2 nitrogen and oxygen atoms in total. The minimum Gasteiger partial charge on any atom is -0.497 e. The highest BCUT2D eigenvalue weighted by Gasteiger charge is 2.24. The van der Waals surface area contributed by atoms with Gasteiger partial charge in [-0.1, -0.05) is 19.1 Å². The van der Waals surface area contributed by atoms with Gasteiger partial charge < -0.3 is 10.5 Å². The number of rotatable bonds is 5. The van der Waals surface area contributed by atoms with E-state index in [0.29, 0.717) is 0 Å². The van der Waals surface area contributed by atoms with Crippen molar-refractivity contribution in [2.75, 3.05) is 7.11 Å². The minimum absolute atomic E-state index is 0.152. The topological polar surface area (TPSA) is 35.2 Å². The Hall–Kier alpha value is -1.87. The summed E-state index contributed by atoms with van der Waals surface area (Å²) in [6.07, 6.45) is 4.73. The van der Waals surface area contributed by atoms with Crippen LogP contribution in [0.25, 0.3) is 0 Å². The summed E-state index contributed by atoms with van der Waals surface area (Å²) in [6.45, 7) is 2.12. The Bertz CT molecular complexity index is 713. The molecule has 0 fully saturated rings. The second-order valence-electron chi connectivity index (χ2n) is 6.71. The van der Waals surface area contributed by atoms with Crippen LogP contribution in [0, 0.1) is 5.82 Å². The van der Waals surface area contributed by atoms with Gasteiger partial charge in [-0.15, -0.1) is 0 Å². The SMILES string of the molecule is CCC(N)CCC1c2ccc(F)cc2CCc2cc(OC)ccc21. The summed E-state index contributed by atoms with van der Waals surface area (Å²) in [5.74, 6) is 1.01. The number of methoxy groups -OCH3 is 1. The lowest BCUT2D eigenvalue weighted by molar-refractivity contribution is 0.414. The monoisotopic (exact) mass is 327 g/mol. The maximum absolute atomic E-state index is 13.7. The van der Waals surface area contributed by atoms with Gasteiger partial charge in [-0.25, -0.2) is 4.39 Å². The van der Waals surface area contributed by atoms with Crippen molar-refractivity contribution in [1.29, 1.82) is 0 Å². The molecule has 0 heterocycles. The third kappa shape index (κ3) is 3.46. The summed E-state index contributed by atoms with van der Waals surface area (Å²) < 4.78 is 19.1. The molecule has 0 saturated carbocycles. The second kappa shape index (κ2) is 7.35. The molecule has 2 unspecified atom stereocenters. The molecule has 0 radical (unpaired) electrons. The molecule has 3 heteroatoms. The van der Waals surface area contributed by atoms with Gasteiger partial charge in [-0.05, 0) is 78.6 Å². The fraction of sp³-hybridized carbons (Fsp3) is 0.429. The zero-order valence-electron chi connectivity index (χ0n) is 14.5. The van der Waals surface area contributed by atoms with Gasteiger partial charge in [0.2, 0.25) is 0 Å². The molecule has 3 rings (SSSR count). The van der Waals surface area contributed by atoms with E-state index in [0.717, 1.165) is 43.4 Å². The zero-order chi connectivity index (χ0) is 17.1. The van der Waals surface area contributed by atoms with E-state index in [4.69, 9.17) is 10.5 Å². The molecular weight excluding hydrogens is 301 g/mol. The molecule has 1 aliphatic carbocycles. The van der Waals surface area contributed by atoms with Gasteiger partial charge in [0.25, 0.3) is 0 Å². The van der Waals surface area contributed by atoms with Crippen molar-refractivity contribution in [2.24, 2.45) is 5.73 Å². The van der Waals surface area contributed by atoms with Crippen LogP contribution in [-0.4, -0.2) is 13.2 Å². The van der Waals surface area contributed by atoms with E-state index in [1.165, 1.54) is 16.7 Å². The summed E-state index contributed by atoms with van der Waals surface area (Å²) >= 11 is 0. The van der Waals surface area contributed by atoms with Crippen molar-refractivity contribution in [3.63, 3.8) is 0 Å². The van der Waals surface area contributed by atoms with Crippen LogP contribution in [0.15, 0.2) is 36.4 Å². The molecule has 2 N–H and O–H groups in total. The highest BCUT2D eigenvalue weighted by atomic mass is 19.1. The van der Waals surface area contributed by atoms with Gasteiger partial charge in [-0.2, -0.15) is 0 Å². The lowest BCUT2D eigenvalue weighted by atomic mass is 9.83. The Morgan fingerprint density at radius 2 is 1.79 bits per heavy atom. The first-order valence-corrected chi connectivity index (χ1v) is 8.83. The van der Waals surface area contributed by atoms with Crippen molar-refractivity contribution >= 4 is 0 Å². The van der Waals surface area contributed by atoms with E-state index < -0.39 is 0 Å². The average molecular weight is 327 g/mol. The number of benzene rings is 2. The fourth-order valence-corrected chi connectivity index (χ4v) is 3.73. The molecular formula is C21H26FNO. The van der Waals surface area contributed by atoms with E-state index in [9.17, 15) is 4.39 Å². The zero-order valence-corrected chi connectivity index (χ0v) is 14.5. The van der Waals surface area contributed by atoms with Crippen LogP contribution in [0.1, 0.15) is 54.4 Å². The number of hydrogen-bond acceptors (Lipinski definition) is 2. The fourth-order valence-electron chi connectivity index (χ4n) is 3.73. The summed E-state index contributed by atoms with van der Waals surface area (Å²) in [5, 5.41) is 0. The number of aryl methyl sites for hydroxylation is 2. The number of hydrogen-bond donors (Lipinski definition) is 1. The van der Waals surface area contributed by atoms with Crippen LogP contribution in [0.4, 0.5) is 4.39 Å². The maximum atomic E-state index is 13.7. The van der Waals surface area contributed by atoms with Crippen molar-refractivity contribution in [3.05, 3.63) is 64.5 Å². The number of ether oxygens (including phenoxy) is 1. The number of halogens is 1. The summed E-state index contributed by atoms with van der Waals surface area (Å²) in [5.41, 5.74) is 11.2. The van der Waals surface area contributed by atoms with Crippen molar-refractivity contribution < 1.29 is 9.13 Å². The second-order valence-corrected chi connectivity index (χ2v) is 6.71. The van der Waals surface area contributed by atoms with Crippen molar-refractivity contribution in [2.45, 2.75) is 51.0 Å². The first kappa shape index (κ1) is 17.0. The maximum Gasteiger partial charge on any atom is 0.123 e. The molecule has 0 aliphatic heterocycles. The molecule has 2 atom stereocenters. The lowest BCUT2D eigenvalue weighted by Crippen LogP contribution is -2.19. The predicted molar refractivity (Wildman–Crippen MR) is 96.1 cm³/mol. The van der Waals surface area contributed by atoms with Gasteiger partial charge in [0.05, 0.1) is 7.11 Å². The van der Waals surface area contributed by atoms with Gasteiger partial charge in [0, 0.05) is 12.0 Å². The smallest absolute Gasteiger partial charge is 0.123 e. The third-order valence-corrected chi connectivity index (χ3v) is 5.22. The van der Waals surface area contributed by atoms with Crippen LogP contribution in [0.5, 0.6) is 5.75 Å². The summed E-state index contributed by atoms with van der Waals surface area (Å²) in [7, 11) is 1.69. The quantitative estimate of drug-likeness (QED) is 0.872. The highest BCUT2D eigenvalue weighted by molar-refractivity contribution is 5.47. The van der Waals surface area contributed by atoms with Crippen LogP contribution in [0.3, 0.4) is 0 Å². The van der Waals surface area contributed by atoms with E-state index >= 15 is 0 Å². The largest absolute Gasteiger partial charge is 0.497 e. The van der Waals surface area contributed by atoms with E-state index in [1.54, 1.807) is 19.2 Å². The normalized spacial score (nSPS) is 17.6. The van der Waals surface area contributed by atoms with Gasteiger partial charge in [0.1, 0.15) is 11.6 Å².